The van der Waals surface area contributed by atoms with Crippen LogP contribution in [0, 0.1) is 0 Å². The largest absolute Gasteiger partial charge is 0.372 e. The van der Waals surface area contributed by atoms with Gasteiger partial charge in [0.1, 0.15) is 5.82 Å². The Bertz CT molecular complexity index is 526. The number of hydrogen-bond donors (Lipinski definition) is 3. The molecule has 0 unspecified atom stereocenters. The lowest BCUT2D eigenvalue weighted by Crippen LogP contribution is -2.42. The van der Waals surface area contributed by atoms with Gasteiger partial charge in [-0.25, -0.2) is 4.98 Å². The molecule has 1 heterocycles. The van der Waals surface area contributed by atoms with Crippen molar-refractivity contribution in [3.63, 3.8) is 0 Å². The minimum absolute atomic E-state index is 0.107. The highest BCUT2D eigenvalue weighted by atomic mass is 35.5. The van der Waals surface area contributed by atoms with E-state index in [1.165, 1.54) is 12.3 Å². The average molecular weight is 313 g/mol. The first-order valence-electron chi connectivity index (χ1n) is 6.65. The number of nitrogens with one attached hydrogen (secondary N) is 3. The number of hydrogen-bond acceptors (Lipinski definition) is 4. The normalized spacial score (nSPS) is 10.9. The third-order valence-corrected chi connectivity index (χ3v) is 2.78. The fraction of sp³-hybridized carbons (Fsp3) is 0.500. The Kier molecular flexibility index (Phi) is 5.96. The summed E-state index contributed by atoms with van der Waals surface area (Å²) >= 11 is 5.96. The summed E-state index contributed by atoms with van der Waals surface area (Å²) in [4.78, 5) is 27.5. The highest BCUT2D eigenvalue weighted by molar-refractivity contribution is 6.33. The topological polar surface area (TPSA) is 83.1 Å². The van der Waals surface area contributed by atoms with E-state index >= 15 is 0 Å². The summed E-state index contributed by atoms with van der Waals surface area (Å²) in [5.74, 6) is 0.0953. The fourth-order valence-electron chi connectivity index (χ4n) is 1.62. The molecule has 0 fully saturated rings. The summed E-state index contributed by atoms with van der Waals surface area (Å²) in [5, 5.41) is 8.67. The maximum absolute atomic E-state index is 11.9. The van der Waals surface area contributed by atoms with E-state index in [-0.39, 0.29) is 30.3 Å². The molecule has 0 atom stereocenters. The lowest BCUT2D eigenvalue weighted by atomic mass is 10.1. The lowest BCUT2D eigenvalue weighted by Gasteiger charge is -2.20. The van der Waals surface area contributed by atoms with Crippen molar-refractivity contribution < 1.29 is 9.59 Å². The van der Waals surface area contributed by atoms with E-state index in [1.807, 2.05) is 20.8 Å². The summed E-state index contributed by atoms with van der Waals surface area (Å²) in [6.45, 7) is 5.97. The van der Waals surface area contributed by atoms with Gasteiger partial charge in [0.25, 0.3) is 5.91 Å². The van der Waals surface area contributed by atoms with Crippen LogP contribution in [0.25, 0.3) is 0 Å². The summed E-state index contributed by atoms with van der Waals surface area (Å²) in [7, 11) is 1.70. The number of pyridine rings is 1. The first kappa shape index (κ1) is 17.2. The first-order chi connectivity index (χ1) is 9.73. The van der Waals surface area contributed by atoms with Gasteiger partial charge in [-0.15, -0.1) is 0 Å². The highest BCUT2D eigenvalue weighted by Gasteiger charge is 2.14. The number of carbonyl (C=O) groups is 2. The van der Waals surface area contributed by atoms with Gasteiger partial charge in [-0.1, -0.05) is 11.6 Å². The molecule has 0 saturated heterocycles. The van der Waals surface area contributed by atoms with Crippen LogP contribution in [-0.4, -0.2) is 35.9 Å². The van der Waals surface area contributed by atoms with Crippen LogP contribution in [0.15, 0.2) is 12.3 Å². The van der Waals surface area contributed by atoms with Crippen LogP contribution in [0.4, 0.5) is 5.82 Å². The number of carbonyl (C=O) groups excluding carboxylic acids is 2. The van der Waals surface area contributed by atoms with Crippen LogP contribution in [0.1, 0.15) is 37.6 Å². The van der Waals surface area contributed by atoms with Gasteiger partial charge in [0.05, 0.1) is 10.6 Å². The predicted octanol–water partition coefficient (Wildman–Crippen LogP) is 1.81. The Morgan fingerprint density at radius 3 is 2.52 bits per heavy atom. The molecule has 3 N–H and O–H groups in total. The molecule has 0 spiro atoms. The van der Waals surface area contributed by atoms with E-state index in [0.29, 0.717) is 16.4 Å². The Hall–Kier alpha value is -1.82. The van der Waals surface area contributed by atoms with Gasteiger partial charge in [-0.3, -0.25) is 9.59 Å². The summed E-state index contributed by atoms with van der Waals surface area (Å²) in [6.07, 6.45) is 1.65. The van der Waals surface area contributed by atoms with Crippen molar-refractivity contribution in [2.75, 3.05) is 18.9 Å². The molecule has 1 rings (SSSR count). The lowest BCUT2D eigenvalue weighted by molar-refractivity contribution is -0.122. The van der Waals surface area contributed by atoms with Crippen molar-refractivity contribution in [3.05, 3.63) is 22.8 Å². The molecule has 0 aliphatic carbocycles. The number of rotatable bonds is 5. The van der Waals surface area contributed by atoms with E-state index in [2.05, 4.69) is 20.9 Å². The van der Waals surface area contributed by atoms with E-state index in [0.717, 1.165) is 0 Å². The van der Waals surface area contributed by atoms with Gasteiger partial charge in [-0.2, -0.15) is 0 Å². The van der Waals surface area contributed by atoms with E-state index in [4.69, 9.17) is 11.6 Å². The van der Waals surface area contributed by atoms with Crippen molar-refractivity contribution in [3.8, 4) is 0 Å². The Balaban J connectivity index is 2.47. The smallest absolute Gasteiger partial charge is 0.252 e. The molecule has 116 valence electrons. The molecule has 6 nitrogen and oxygen atoms in total. The molecule has 1 aromatic heterocycles. The predicted molar refractivity (Wildman–Crippen MR) is 83.6 cm³/mol. The second kappa shape index (κ2) is 7.26. The maximum Gasteiger partial charge on any atom is 0.252 e. The third-order valence-electron chi connectivity index (χ3n) is 2.49. The van der Waals surface area contributed by atoms with Crippen molar-refractivity contribution in [1.82, 2.24) is 15.6 Å². The van der Waals surface area contributed by atoms with Crippen molar-refractivity contribution >= 4 is 29.2 Å². The van der Waals surface area contributed by atoms with Gasteiger partial charge in [0, 0.05) is 31.7 Å². The standard InChI is InChI=1S/C14H21ClN4O2/c1-14(2,3)19-11(20)5-6-17-13(21)9-7-10(15)12(16-4)18-8-9/h7-8H,5-6H2,1-4H3,(H,16,18)(H,17,21)(H,19,20). The van der Waals surface area contributed by atoms with Crippen LogP contribution >= 0.6 is 11.6 Å². The van der Waals surface area contributed by atoms with Crippen molar-refractivity contribution in [1.29, 1.82) is 0 Å². The summed E-state index contributed by atoms with van der Waals surface area (Å²) in [5.41, 5.74) is 0.0804. The second-order valence-electron chi connectivity index (χ2n) is 5.61. The zero-order valence-corrected chi connectivity index (χ0v) is 13.5. The van der Waals surface area contributed by atoms with Gasteiger partial charge < -0.3 is 16.0 Å². The van der Waals surface area contributed by atoms with Crippen LogP contribution in [0.3, 0.4) is 0 Å². The number of halogens is 1. The minimum Gasteiger partial charge on any atom is -0.372 e. The molecular formula is C14H21ClN4O2. The molecule has 0 saturated carbocycles. The monoisotopic (exact) mass is 312 g/mol. The Morgan fingerprint density at radius 1 is 1.33 bits per heavy atom. The Morgan fingerprint density at radius 2 is 2.00 bits per heavy atom. The quantitative estimate of drug-likeness (QED) is 0.774. The van der Waals surface area contributed by atoms with E-state index < -0.39 is 0 Å². The zero-order valence-electron chi connectivity index (χ0n) is 12.7. The third kappa shape index (κ3) is 5.99. The van der Waals surface area contributed by atoms with Crippen LogP contribution in [0.2, 0.25) is 5.02 Å². The molecule has 0 aliphatic rings. The van der Waals surface area contributed by atoms with Crippen LogP contribution in [0.5, 0.6) is 0 Å². The van der Waals surface area contributed by atoms with E-state index in [1.54, 1.807) is 7.05 Å². The van der Waals surface area contributed by atoms with Gasteiger partial charge >= 0.3 is 0 Å². The van der Waals surface area contributed by atoms with Gasteiger partial charge in [-0.05, 0) is 26.8 Å². The molecule has 0 bridgehead atoms. The molecule has 0 aliphatic heterocycles. The highest BCUT2D eigenvalue weighted by Crippen LogP contribution is 2.19. The van der Waals surface area contributed by atoms with E-state index in [9.17, 15) is 9.59 Å². The van der Waals surface area contributed by atoms with Gasteiger partial charge in [0.2, 0.25) is 5.91 Å². The minimum atomic E-state index is -0.310. The molecule has 1 aromatic rings. The number of nitrogens with zero attached hydrogens (tertiary/aromatic N) is 1. The summed E-state index contributed by atoms with van der Waals surface area (Å²) < 4.78 is 0. The number of anilines is 1. The molecule has 0 aromatic carbocycles. The average Bonchev–Trinajstić information content (AvgIpc) is 2.36. The SMILES string of the molecule is CNc1ncc(C(=O)NCCC(=O)NC(C)(C)C)cc1Cl. The molecule has 2 amide bonds. The van der Waals surface area contributed by atoms with Crippen LogP contribution < -0.4 is 16.0 Å². The molecule has 21 heavy (non-hydrogen) atoms. The molecule has 0 radical (unpaired) electrons. The zero-order chi connectivity index (χ0) is 16.0. The summed E-state index contributed by atoms with van der Waals surface area (Å²) in [6, 6.07) is 1.53. The Labute approximate surface area is 129 Å². The maximum atomic E-state index is 11.9. The first-order valence-corrected chi connectivity index (χ1v) is 7.03. The fourth-order valence-corrected chi connectivity index (χ4v) is 1.88. The number of aromatic nitrogens is 1. The van der Waals surface area contributed by atoms with Crippen molar-refractivity contribution in [2.45, 2.75) is 32.7 Å². The van der Waals surface area contributed by atoms with Gasteiger partial charge in [0.15, 0.2) is 0 Å². The second-order valence-corrected chi connectivity index (χ2v) is 6.02. The van der Waals surface area contributed by atoms with Crippen molar-refractivity contribution in [2.24, 2.45) is 0 Å². The van der Waals surface area contributed by atoms with Crippen LogP contribution in [-0.2, 0) is 4.79 Å². The number of amides is 2. The molecular weight excluding hydrogens is 292 g/mol. The molecule has 7 heteroatoms.